The van der Waals surface area contributed by atoms with Gasteiger partial charge in [0.05, 0.1) is 17.0 Å². The quantitative estimate of drug-likeness (QED) is 0.471. The van der Waals surface area contributed by atoms with E-state index >= 15 is 0 Å². The van der Waals surface area contributed by atoms with Gasteiger partial charge in [0.1, 0.15) is 6.07 Å². The van der Waals surface area contributed by atoms with Gasteiger partial charge in [0.15, 0.2) is 0 Å². The molecule has 0 saturated carbocycles. The van der Waals surface area contributed by atoms with Gasteiger partial charge in [-0.25, -0.2) is 4.99 Å². The van der Waals surface area contributed by atoms with E-state index in [1.807, 2.05) is 6.07 Å². The maximum absolute atomic E-state index is 13.3. The first-order valence-corrected chi connectivity index (χ1v) is 11.7. The predicted molar refractivity (Wildman–Crippen MR) is 130 cm³/mol. The molecule has 0 fully saturated rings. The third kappa shape index (κ3) is 6.73. The largest absolute Gasteiger partial charge is 0.389 e. The summed E-state index contributed by atoms with van der Waals surface area (Å²) < 4.78 is 38.5. The summed E-state index contributed by atoms with van der Waals surface area (Å²) >= 11 is 0. The molecule has 8 nitrogen and oxygen atoms in total. The Labute approximate surface area is 211 Å². The molecule has 1 aliphatic rings. The van der Waals surface area contributed by atoms with Gasteiger partial charge < -0.3 is 16.4 Å². The van der Waals surface area contributed by atoms with Gasteiger partial charge in [-0.3, -0.25) is 14.4 Å². The number of hydrogen-bond acceptors (Lipinski definition) is 5. The number of alkyl halides is 3. The van der Waals surface area contributed by atoms with Crippen molar-refractivity contribution in [3.63, 3.8) is 0 Å². The lowest BCUT2D eigenvalue weighted by Gasteiger charge is -2.25. The number of hydrogen-bond donors (Lipinski definition) is 3. The fourth-order valence-corrected chi connectivity index (χ4v) is 4.28. The molecule has 11 heteroatoms. The summed E-state index contributed by atoms with van der Waals surface area (Å²) in [6.07, 6.45) is -7.46. The first-order valence-electron chi connectivity index (χ1n) is 11.7. The van der Waals surface area contributed by atoms with Crippen LogP contribution in [0.3, 0.4) is 0 Å². The maximum atomic E-state index is 13.3. The fourth-order valence-electron chi connectivity index (χ4n) is 4.28. The summed E-state index contributed by atoms with van der Waals surface area (Å²) in [4.78, 5) is 42.9. The third-order valence-electron chi connectivity index (χ3n) is 6.05. The van der Waals surface area contributed by atoms with Crippen LogP contribution in [0.5, 0.6) is 0 Å². The molecule has 3 amide bonds. The number of nitrogens with one attached hydrogen (secondary N) is 2. The van der Waals surface area contributed by atoms with Gasteiger partial charge in [0, 0.05) is 29.4 Å². The minimum atomic E-state index is -4.53. The number of amides is 3. The van der Waals surface area contributed by atoms with Crippen LogP contribution in [0.15, 0.2) is 53.5 Å². The second-order valence-electron chi connectivity index (χ2n) is 8.64. The predicted octanol–water partition coefficient (Wildman–Crippen LogP) is 3.65. The number of aliphatic imine (C=N–C) groups is 1. The van der Waals surface area contributed by atoms with E-state index in [0.29, 0.717) is 23.3 Å². The summed E-state index contributed by atoms with van der Waals surface area (Å²) in [6.45, 7) is 1.71. The number of fused-ring (bicyclic) bond motifs is 1. The smallest absolute Gasteiger partial charge is 0.369 e. The number of anilines is 1. The second-order valence-corrected chi connectivity index (χ2v) is 8.64. The average Bonchev–Trinajstić information content (AvgIpc) is 2.99. The molecular weight excluding hydrogens is 487 g/mol. The van der Waals surface area contributed by atoms with Gasteiger partial charge in [0.25, 0.3) is 5.91 Å². The number of nitriles is 1. The number of primary amides is 1. The van der Waals surface area contributed by atoms with Gasteiger partial charge in [-0.15, -0.1) is 0 Å². The van der Waals surface area contributed by atoms with Crippen molar-refractivity contribution in [1.29, 1.82) is 5.26 Å². The zero-order valence-corrected chi connectivity index (χ0v) is 20.0. The number of carbonyl (C=O) groups excluding carboxylic acids is 3. The monoisotopic (exact) mass is 513 g/mol. The van der Waals surface area contributed by atoms with E-state index in [9.17, 15) is 32.8 Å². The van der Waals surface area contributed by atoms with Crippen molar-refractivity contribution in [1.82, 2.24) is 5.32 Å². The highest BCUT2D eigenvalue weighted by molar-refractivity contribution is 6.20. The molecule has 4 N–H and O–H groups in total. The maximum Gasteiger partial charge on any atom is 0.389 e. The Morgan fingerprint density at radius 2 is 1.84 bits per heavy atom. The van der Waals surface area contributed by atoms with Crippen LogP contribution in [0.4, 0.5) is 18.9 Å². The molecule has 3 rings (SSSR count). The minimum Gasteiger partial charge on any atom is -0.369 e. The number of benzodiazepines with no additional fused rings is 1. The van der Waals surface area contributed by atoms with E-state index in [2.05, 4.69) is 15.6 Å². The van der Waals surface area contributed by atoms with Crippen LogP contribution in [-0.2, 0) is 14.4 Å². The summed E-state index contributed by atoms with van der Waals surface area (Å²) in [6, 6.07) is 15.7. The van der Waals surface area contributed by atoms with Gasteiger partial charge in [-0.1, -0.05) is 55.8 Å². The molecule has 3 atom stereocenters. The van der Waals surface area contributed by atoms with E-state index in [1.54, 1.807) is 49.4 Å². The number of halogens is 3. The fraction of sp³-hybridized carbons (Fsp3) is 0.346. The highest BCUT2D eigenvalue weighted by Crippen LogP contribution is 2.30. The molecule has 37 heavy (non-hydrogen) atoms. The topological polar surface area (TPSA) is 137 Å². The summed E-state index contributed by atoms with van der Waals surface area (Å²) in [5, 5.41) is 14.7. The molecular formula is C26H26F3N5O3. The molecule has 1 heterocycles. The van der Waals surface area contributed by atoms with Crippen molar-refractivity contribution >= 4 is 29.1 Å². The Morgan fingerprint density at radius 1 is 1.14 bits per heavy atom. The molecule has 2 aromatic carbocycles. The van der Waals surface area contributed by atoms with Gasteiger partial charge in [-0.05, 0) is 18.9 Å². The van der Waals surface area contributed by atoms with Crippen LogP contribution in [0, 0.1) is 23.2 Å². The molecule has 1 aliphatic heterocycles. The SMILES string of the molecule is CCC[C@H](C(=O)N[C@H]1N=C(c2ccccc2)c2cccc(C#N)c2NC1=O)[C@@H](CCC(F)(F)F)C(N)=O. The van der Waals surface area contributed by atoms with E-state index in [-0.39, 0.29) is 17.7 Å². The Hall–Kier alpha value is -4.20. The van der Waals surface area contributed by atoms with Crippen LogP contribution in [0.1, 0.15) is 49.3 Å². The van der Waals surface area contributed by atoms with Crippen LogP contribution in [-0.4, -0.2) is 35.8 Å². The minimum absolute atomic E-state index is 0.0830. The molecule has 2 aromatic rings. The molecule has 194 valence electrons. The van der Waals surface area contributed by atoms with Crippen LogP contribution < -0.4 is 16.4 Å². The van der Waals surface area contributed by atoms with Crippen molar-refractivity contribution in [2.75, 3.05) is 5.32 Å². The van der Waals surface area contributed by atoms with Crippen LogP contribution in [0.25, 0.3) is 0 Å². The normalized spacial score (nSPS) is 16.8. The highest BCUT2D eigenvalue weighted by Gasteiger charge is 2.38. The van der Waals surface area contributed by atoms with Gasteiger partial charge in [-0.2, -0.15) is 18.4 Å². The van der Waals surface area contributed by atoms with Crippen LogP contribution >= 0.6 is 0 Å². The van der Waals surface area contributed by atoms with Crippen molar-refractivity contribution in [2.24, 2.45) is 22.6 Å². The number of rotatable bonds is 9. The molecule has 0 spiro atoms. The number of nitrogens with two attached hydrogens (primary N) is 1. The first kappa shape index (κ1) is 27.4. The number of nitrogens with zero attached hydrogens (tertiary/aromatic N) is 2. The lowest BCUT2D eigenvalue weighted by Crippen LogP contribution is -2.48. The molecule has 0 radical (unpaired) electrons. The zero-order valence-electron chi connectivity index (χ0n) is 20.0. The first-order chi connectivity index (χ1) is 17.6. The lowest BCUT2D eigenvalue weighted by molar-refractivity contribution is -0.145. The number of carbonyl (C=O) groups is 3. The molecule has 0 unspecified atom stereocenters. The Balaban J connectivity index is 1.99. The second kappa shape index (κ2) is 11.7. The molecule has 0 aromatic heterocycles. The van der Waals surface area contributed by atoms with Gasteiger partial charge >= 0.3 is 6.18 Å². The van der Waals surface area contributed by atoms with Crippen molar-refractivity contribution < 1.29 is 27.6 Å². The molecule has 0 saturated heterocycles. The van der Waals surface area contributed by atoms with E-state index in [4.69, 9.17) is 5.73 Å². The Morgan fingerprint density at radius 3 is 2.43 bits per heavy atom. The lowest BCUT2D eigenvalue weighted by atomic mass is 9.83. The van der Waals surface area contributed by atoms with Crippen molar-refractivity contribution in [3.8, 4) is 6.07 Å². The van der Waals surface area contributed by atoms with Crippen molar-refractivity contribution in [3.05, 3.63) is 65.2 Å². The van der Waals surface area contributed by atoms with Crippen molar-refractivity contribution in [2.45, 2.75) is 44.9 Å². The van der Waals surface area contributed by atoms with Gasteiger partial charge in [0.2, 0.25) is 18.0 Å². The van der Waals surface area contributed by atoms with E-state index < -0.39 is 54.7 Å². The summed E-state index contributed by atoms with van der Waals surface area (Å²) in [5.41, 5.74) is 7.19. The highest BCUT2D eigenvalue weighted by atomic mass is 19.4. The summed E-state index contributed by atoms with van der Waals surface area (Å²) in [7, 11) is 0. The zero-order chi connectivity index (χ0) is 27.2. The summed E-state index contributed by atoms with van der Waals surface area (Å²) in [5.74, 6) is -5.15. The third-order valence-corrected chi connectivity index (χ3v) is 6.05. The molecule has 0 bridgehead atoms. The standard InChI is InChI=1S/C26H26F3N5O3/c1-2-7-18(17(22(31)35)12-13-26(27,28)29)24(36)34-23-25(37)33-21-16(14-30)10-6-11-19(21)20(32-23)15-8-4-3-5-9-15/h3-6,8-11,17-18,23H,2,7,12-13H2,1H3,(H2,31,35)(H,33,37)(H,34,36)/t17-,18+,23-/m1/s1. The Bertz CT molecular complexity index is 1240. The number of para-hydroxylation sites is 1. The number of benzene rings is 2. The van der Waals surface area contributed by atoms with E-state index in [0.717, 1.165) is 0 Å². The molecule has 0 aliphatic carbocycles. The van der Waals surface area contributed by atoms with Crippen LogP contribution in [0.2, 0.25) is 0 Å². The average molecular weight is 514 g/mol. The Kier molecular flexibility index (Phi) is 8.65. The van der Waals surface area contributed by atoms with E-state index in [1.165, 1.54) is 6.07 Å².